The van der Waals surface area contributed by atoms with Gasteiger partial charge in [0.2, 0.25) is 0 Å². The molecule has 3 aromatic heterocycles. The van der Waals surface area contributed by atoms with E-state index >= 15 is 0 Å². The number of anilines is 1. The van der Waals surface area contributed by atoms with Gasteiger partial charge in [0, 0.05) is 29.7 Å². The number of rotatable bonds is 6. The molecule has 0 unspecified atom stereocenters. The standard InChI is InChI=1S/C29H26N6/c1-19(2)35-29(20(3)17-33-35)28-24(16-30)27(23-8-4-5-10-26(23)34-28)32-18-21-11-13-22(14-12-21)25-9-6-7-15-31-25/h4-15,17,19H,18H2,1-3H3,(H,32,34). The second-order valence-electron chi connectivity index (χ2n) is 8.82. The monoisotopic (exact) mass is 458 g/mol. The van der Waals surface area contributed by atoms with Crippen molar-refractivity contribution < 1.29 is 0 Å². The minimum Gasteiger partial charge on any atom is -0.379 e. The van der Waals surface area contributed by atoms with E-state index in [1.165, 1.54) is 0 Å². The van der Waals surface area contributed by atoms with E-state index in [1.54, 1.807) is 6.20 Å². The van der Waals surface area contributed by atoms with E-state index in [0.717, 1.165) is 44.7 Å². The van der Waals surface area contributed by atoms with Gasteiger partial charge < -0.3 is 5.32 Å². The third-order valence-electron chi connectivity index (χ3n) is 6.08. The van der Waals surface area contributed by atoms with E-state index in [-0.39, 0.29) is 6.04 Å². The highest BCUT2D eigenvalue weighted by molar-refractivity contribution is 5.98. The van der Waals surface area contributed by atoms with Crippen LogP contribution in [0, 0.1) is 18.3 Å². The summed E-state index contributed by atoms with van der Waals surface area (Å²) >= 11 is 0. The van der Waals surface area contributed by atoms with Gasteiger partial charge in [0.1, 0.15) is 17.3 Å². The van der Waals surface area contributed by atoms with E-state index in [2.05, 4.69) is 59.6 Å². The molecule has 5 aromatic rings. The lowest BCUT2D eigenvalue weighted by Crippen LogP contribution is -2.09. The maximum Gasteiger partial charge on any atom is 0.109 e. The zero-order chi connectivity index (χ0) is 24.4. The first-order valence-corrected chi connectivity index (χ1v) is 11.7. The number of hydrogen-bond donors (Lipinski definition) is 1. The summed E-state index contributed by atoms with van der Waals surface area (Å²) in [6, 6.07) is 24.7. The quantitative estimate of drug-likeness (QED) is 0.313. The normalized spacial score (nSPS) is 11.1. The minimum absolute atomic E-state index is 0.146. The molecule has 0 atom stereocenters. The van der Waals surface area contributed by atoms with Gasteiger partial charge in [0.25, 0.3) is 0 Å². The topological polar surface area (TPSA) is 79.4 Å². The first-order chi connectivity index (χ1) is 17.1. The summed E-state index contributed by atoms with van der Waals surface area (Å²) in [4.78, 5) is 9.35. The van der Waals surface area contributed by atoms with Crippen LogP contribution in [0.1, 0.15) is 36.6 Å². The Morgan fingerprint density at radius 1 is 1.00 bits per heavy atom. The highest BCUT2D eigenvalue weighted by atomic mass is 15.3. The molecule has 35 heavy (non-hydrogen) atoms. The molecule has 0 aliphatic rings. The van der Waals surface area contributed by atoms with E-state index in [1.807, 2.05) is 60.3 Å². The van der Waals surface area contributed by atoms with Gasteiger partial charge in [-0.2, -0.15) is 10.4 Å². The van der Waals surface area contributed by atoms with Crippen LogP contribution in [-0.2, 0) is 6.54 Å². The van der Waals surface area contributed by atoms with Gasteiger partial charge in [0.05, 0.1) is 28.8 Å². The molecular weight excluding hydrogens is 432 g/mol. The third-order valence-corrected chi connectivity index (χ3v) is 6.08. The number of hydrogen-bond acceptors (Lipinski definition) is 5. The molecule has 2 aromatic carbocycles. The molecule has 0 spiro atoms. The molecule has 1 N–H and O–H groups in total. The molecular formula is C29H26N6. The fourth-order valence-corrected chi connectivity index (χ4v) is 4.33. The summed E-state index contributed by atoms with van der Waals surface area (Å²) in [5.41, 5.74) is 7.81. The van der Waals surface area contributed by atoms with Gasteiger partial charge in [0.15, 0.2) is 0 Å². The zero-order valence-electron chi connectivity index (χ0n) is 20.0. The molecule has 3 heterocycles. The average Bonchev–Trinajstić information content (AvgIpc) is 3.29. The van der Waals surface area contributed by atoms with Crippen molar-refractivity contribution in [2.75, 3.05) is 5.32 Å². The summed E-state index contributed by atoms with van der Waals surface area (Å²) in [6.07, 6.45) is 3.64. The summed E-state index contributed by atoms with van der Waals surface area (Å²) in [7, 11) is 0. The summed E-state index contributed by atoms with van der Waals surface area (Å²) < 4.78 is 1.94. The largest absolute Gasteiger partial charge is 0.379 e. The molecule has 5 rings (SSSR count). The predicted molar refractivity (Wildman–Crippen MR) is 140 cm³/mol. The van der Waals surface area contributed by atoms with Crippen molar-refractivity contribution in [3.8, 4) is 28.7 Å². The number of nitriles is 1. The van der Waals surface area contributed by atoms with Crippen LogP contribution in [-0.4, -0.2) is 19.7 Å². The highest BCUT2D eigenvalue weighted by Gasteiger charge is 2.22. The van der Waals surface area contributed by atoms with Crippen molar-refractivity contribution >= 4 is 16.6 Å². The summed E-state index contributed by atoms with van der Waals surface area (Å²) in [5, 5.41) is 19.3. The van der Waals surface area contributed by atoms with Gasteiger partial charge in [-0.15, -0.1) is 0 Å². The molecule has 0 bridgehead atoms. The lowest BCUT2D eigenvalue weighted by atomic mass is 10.0. The van der Waals surface area contributed by atoms with Crippen LogP contribution in [0.15, 0.2) is 79.1 Å². The van der Waals surface area contributed by atoms with Gasteiger partial charge in [-0.05, 0) is 50.1 Å². The molecule has 172 valence electrons. The first-order valence-electron chi connectivity index (χ1n) is 11.7. The van der Waals surface area contributed by atoms with Gasteiger partial charge >= 0.3 is 0 Å². The fraction of sp³-hybridized carbons (Fsp3) is 0.172. The number of aryl methyl sites for hydroxylation is 1. The third kappa shape index (κ3) is 4.24. The summed E-state index contributed by atoms with van der Waals surface area (Å²) in [6.45, 7) is 6.75. The maximum absolute atomic E-state index is 10.3. The zero-order valence-corrected chi connectivity index (χ0v) is 20.0. The molecule has 0 fully saturated rings. The van der Waals surface area contributed by atoms with Crippen LogP contribution in [0.2, 0.25) is 0 Å². The number of benzene rings is 2. The molecule has 0 saturated heterocycles. The van der Waals surface area contributed by atoms with Crippen LogP contribution in [0.25, 0.3) is 33.5 Å². The Balaban J connectivity index is 1.55. The van der Waals surface area contributed by atoms with Crippen LogP contribution in [0.3, 0.4) is 0 Å². The fourth-order valence-electron chi connectivity index (χ4n) is 4.33. The Hall–Kier alpha value is -4.50. The van der Waals surface area contributed by atoms with E-state index in [9.17, 15) is 5.26 Å². The Morgan fingerprint density at radius 2 is 1.77 bits per heavy atom. The Labute approximate surface area is 204 Å². The van der Waals surface area contributed by atoms with Gasteiger partial charge in [-0.25, -0.2) is 4.98 Å². The van der Waals surface area contributed by atoms with Gasteiger partial charge in [-0.1, -0.05) is 48.5 Å². The molecule has 0 radical (unpaired) electrons. The Bertz CT molecular complexity index is 1530. The molecule has 6 nitrogen and oxygen atoms in total. The molecule has 6 heteroatoms. The van der Waals surface area contributed by atoms with Crippen molar-refractivity contribution in [2.24, 2.45) is 0 Å². The van der Waals surface area contributed by atoms with Crippen LogP contribution in [0.4, 0.5) is 5.69 Å². The molecule has 0 aliphatic carbocycles. The predicted octanol–water partition coefficient (Wildman–Crippen LogP) is 6.53. The molecule has 0 aliphatic heterocycles. The molecule has 0 saturated carbocycles. The summed E-state index contributed by atoms with van der Waals surface area (Å²) in [5.74, 6) is 0. The first kappa shape index (κ1) is 22.3. The van der Waals surface area contributed by atoms with Crippen molar-refractivity contribution in [3.05, 3.63) is 95.8 Å². The second kappa shape index (κ2) is 9.40. The van der Waals surface area contributed by atoms with Crippen molar-refractivity contribution in [3.63, 3.8) is 0 Å². The van der Waals surface area contributed by atoms with E-state index in [0.29, 0.717) is 17.8 Å². The Kier molecular flexibility index (Phi) is 5.99. The molecule has 0 amide bonds. The number of nitrogens with zero attached hydrogens (tertiary/aromatic N) is 5. The number of aromatic nitrogens is 4. The van der Waals surface area contributed by atoms with Gasteiger partial charge in [-0.3, -0.25) is 9.67 Å². The second-order valence-corrected chi connectivity index (χ2v) is 8.82. The minimum atomic E-state index is 0.146. The maximum atomic E-state index is 10.3. The van der Waals surface area contributed by atoms with E-state index in [4.69, 9.17) is 4.98 Å². The lowest BCUT2D eigenvalue weighted by molar-refractivity contribution is 0.537. The van der Waals surface area contributed by atoms with Crippen molar-refractivity contribution in [1.82, 2.24) is 19.7 Å². The Morgan fingerprint density at radius 3 is 2.49 bits per heavy atom. The highest BCUT2D eigenvalue weighted by Crippen LogP contribution is 2.36. The van der Waals surface area contributed by atoms with Crippen molar-refractivity contribution in [1.29, 1.82) is 5.26 Å². The number of para-hydroxylation sites is 1. The number of pyridine rings is 2. The van der Waals surface area contributed by atoms with E-state index < -0.39 is 0 Å². The van der Waals surface area contributed by atoms with Crippen LogP contribution >= 0.6 is 0 Å². The number of nitrogens with one attached hydrogen (secondary N) is 1. The van der Waals surface area contributed by atoms with Crippen molar-refractivity contribution in [2.45, 2.75) is 33.4 Å². The van der Waals surface area contributed by atoms with Crippen LogP contribution < -0.4 is 5.32 Å². The smallest absolute Gasteiger partial charge is 0.109 e. The number of fused-ring (bicyclic) bond motifs is 1. The lowest BCUT2D eigenvalue weighted by Gasteiger charge is -2.17. The average molecular weight is 459 g/mol. The van der Waals surface area contributed by atoms with Crippen LogP contribution in [0.5, 0.6) is 0 Å². The SMILES string of the molecule is Cc1cnn(C(C)C)c1-c1nc2ccccc2c(NCc2ccc(-c3ccccn3)cc2)c1C#N.